The third-order valence-corrected chi connectivity index (χ3v) is 8.16. The van der Waals surface area contributed by atoms with Crippen molar-refractivity contribution in [3.63, 3.8) is 0 Å². The van der Waals surface area contributed by atoms with E-state index in [-0.39, 0.29) is 33.9 Å². The van der Waals surface area contributed by atoms with E-state index in [9.17, 15) is 22.8 Å². The third-order valence-electron chi connectivity index (χ3n) is 6.82. The average Bonchev–Trinajstić information content (AvgIpc) is 3.30. The first-order valence-electron chi connectivity index (χ1n) is 12.8. The van der Waals surface area contributed by atoms with Gasteiger partial charge in [0, 0.05) is 29.8 Å². The number of amides is 2. The number of aromatic nitrogens is 1. The summed E-state index contributed by atoms with van der Waals surface area (Å²) in [6.07, 6.45) is -4.10. The Balaban J connectivity index is 1.62. The van der Waals surface area contributed by atoms with E-state index in [0.717, 1.165) is 11.6 Å². The third kappa shape index (κ3) is 6.60. The molecule has 13 heteroatoms. The molecule has 1 saturated heterocycles. The number of alkyl halides is 3. The summed E-state index contributed by atoms with van der Waals surface area (Å²) < 4.78 is 50.2. The van der Waals surface area contributed by atoms with Crippen LogP contribution >= 0.6 is 22.9 Å². The number of nitrogens with one attached hydrogen (secondary N) is 2. The number of hydrogen-bond acceptors (Lipinski definition) is 7. The van der Waals surface area contributed by atoms with Crippen molar-refractivity contribution in [3.05, 3.63) is 58.6 Å². The zero-order valence-corrected chi connectivity index (χ0v) is 24.5. The van der Waals surface area contributed by atoms with Gasteiger partial charge in [0.1, 0.15) is 11.3 Å². The molecule has 1 aliphatic heterocycles. The highest BCUT2D eigenvalue weighted by molar-refractivity contribution is 7.22. The van der Waals surface area contributed by atoms with Crippen LogP contribution < -0.4 is 20.3 Å². The first-order valence-corrected chi connectivity index (χ1v) is 13.9. The van der Waals surface area contributed by atoms with Crippen molar-refractivity contribution in [2.75, 3.05) is 31.0 Å². The molecule has 2 amide bonds. The van der Waals surface area contributed by atoms with Gasteiger partial charge in [0.2, 0.25) is 0 Å². The molecule has 0 bridgehead atoms. The van der Waals surface area contributed by atoms with Crippen LogP contribution in [0.4, 0.5) is 24.0 Å². The maximum absolute atomic E-state index is 13.7. The van der Waals surface area contributed by atoms with E-state index in [1.54, 1.807) is 19.2 Å². The number of hydrogen-bond donors (Lipinski definition) is 2. The Bertz CT molecular complexity index is 1480. The Kier molecular flexibility index (Phi) is 9.15. The van der Waals surface area contributed by atoms with Crippen molar-refractivity contribution in [1.82, 2.24) is 10.3 Å². The summed E-state index contributed by atoms with van der Waals surface area (Å²) in [7, 11) is 3.10. The molecule has 3 aromatic rings. The lowest BCUT2D eigenvalue weighted by atomic mass is 9.96. The van der Waals surface area contributed by atoms with Crippen LogP contribution in [0.1, 0.15) is 47.4 Å². The summed E-state index contributed by atoms with van der Waals surface area (Å²) >= 11 is 7.48. The van der Waals surface area contributed by atoms with Crippen molar-refractivity contribution in [2.45, 2.75) is 51.0 Å². The number of nitrogens with zero attached hydrogens (tertiary/aromatic N) is 2. The van der Waals surface area contributed by atoms with Crippen molar-refractivity contribution in [3.8, 4) is 5.75 Å². The van der Waals surface area contributed by atoms with Crippen LogP contribution in [0.15, 0.2) is 42.5 Å². The van der Waals surface area contributed by atoms with Crippen molar-refractivity contribution < 1.29 is 32.2 Å². The topological polar surface area (TPSA) is 92.8 Å². The van der Waals surface area contributed by atoms with Crippen LogP contribution in [-0.4, -0.2) is 61.9 Å². The van der Waals surface area contributed by atoms with Crippen molar-refractivity contribution in [1.29, 1.82) is 0 Å². The standard InChI is InChI=1S/C28H30ClF3N4O4S/c1-14(28(30,31)32)10-15(2)33-25(37)19-12-17(29)6-7-20(19)34-26(38)23-22(40-5)9-8-21-24(23)41-27(35-21)36-16(3)11-18(36)13-39-4/h6-9,12,15-16,18H,1,10-11,13H2,2-5H3,(H,33,37)(H,34,38). The molecular weight excluding hydrogens is 581 g/mol. The Hall–Kier alpha value is -3.35. The molecule has 4 rings (SSSR count). The molecule has 3 unspecified atom stereocenters. The quantitative estimate of drug-likeness (QED) is 0.256. The number of ether oxygens (including phenoxy) is 2. The molecule has 0 saturated carbocycles. The second-order valence-electron chi connectivity index (χ2n) is 9.91. The van der Waals surface area contributed by atoms with E-state index < -0.39 is 36.0 Å². The molecule has 220 valence electrons. The Morgan fingerprint density at radius 2 is 1.98 bits per heavy atom. The van der Waals surface area contributed by atoms with E-state index in [4.69, 9.17) is 26.1 Å². The summed E-state index contributed by atoms with van der Waals surface area (Å²) in [5, 5.41) is 6.24. The van der Waals surface area contributed by atoms with Gasteiger partial charge in [-0.3, -0.25) is 9.59 Å². The Morgan fingerprint density at radius 3 is 2.61 bits per heavy atom. The molecule has 3 atom stereocenters. The van der Waals surface area contributed by atoms with E-state index in [0.29, 0.717) is 22.6 Å². The molecule has 1 aromatic heterocycles. The lowest BCUT2D eigenvalue weighted by Gasteiger charge is -2.46. The summed E-state index contributed by atoms with van der Waals surface area (Å²) in [4.78, 5) is 33.7. The zero-order valence-electron chi connectivity index (χ0n) is 22.9. The zero-order chi connectivity index (χ0) is 30.1. The number of methoxy groups -OCH3 is 2. The monoisotopic (exact) mass is 610 g/mol. The maximum Gasteiger partial charge on any atom is 0.412 e. The number of carbonyl (C=O) groups excluding carboxylic acids is 2. The fourth-order valence-electron chi connectivity index (χ4n) is 4.82. The molecule has 0 aliphatic carbocycles. The lowest BCUT2D eigenvalue weighted by molar-refractivity contribution is -0.0941. The predicted octanol–water partition coefficient (Wildman–Crippen LogP) is 6.45. The highest BCUT2D eigenvalue weighted by atomic mass is 35.5. The lowest BCUT2D eigenvalue weighted by Crippen LogP contribution is -2.56. The summed E-state index contributed by atoms with van der Waals surface area (Å²) in [5.74, 6) is -0.941. The molecule has 8 nitrogen and oxygen atoms in total. The molecule has 2 N–H and O–H groups in total. The molecule has 2 aromatic carbocycles. The number of anilines is 2. The molecule has 0 spiro atoms. The first-order chi connectivity index (χ1) is 19.3. The Morgan fingerprint density at radius 1 is 1.24 bits per heavy atom. The maximum atomic E-state index is 13.7. The van der Waals surface area contributed by atoms with Gasteiger partial charge in [-0.05, 0) is 57.0 Å². The summed E-state index contributed by atoms with van der Waals surface area (Å²) in [6, 6.07) is 7.27. The van der Waals surface area contributed by atoms with Crippen LogP contribution in [0, 0.1) is 0 Å². The number of fused-ring (bicyclic) bond motifs is 1. The van der Waals surface area contributed by atoms with Gasteiger partial charge in [-0.1, -0.05) is 29.5 Å². The van der Waals surface area contributed by atoms with Crippen LogP contribution in [0.5, 0.6) is 5.75 Å². The van der Waals surface area contributed by atoms with Gasteiger partial charge in [-0.2, -0.15) is 13.2 Å². The van der Waals surface area contributed by atoms with Crippen molar-refractivity contribution >= 4 is 55.8 Å². The van der Waals surface area contributed by atoms with Crippen LogP contribution in [0.2, 0.25) is 5.02 Å². The normalized spacial score (nSPS) is 17.6. The van der Waals surface area contributed by atoms with Crippen LogP contribution in [0.3, 0.4) is 0 Å². The fourth-order valence-corrected chi connectivity index (χ4v) is 6.27. The van der Waals surface area contributed by atoms with E-state index in [2.05, 4.69) is 29.0 Å². The van der Waals surface area contributed by atoms with E-state index in [1.807, 2.05) is 0 Å². The number of benzene rings is 2. The number of carbonyl (C=O) groups is 2. The minimum atomic E-state index is -4.57. The minimum Gasteiger partial charge on any atom is -0.496 e. The Labute approximate surface area is 244 Å². The van der Waals surface area contributed by atoms with Crippen molar-refractivity contribution in [2.24, 2.45) is 0 Å². The van der Waals surface area contributed by atoms with Gasteiger partial charge in [-0.25, -0.2) is 4.98 Å². The molecule has 1 fully saturated rings. The van der Waals surface area contributed by atoms with Crippen LogP contribution in [-0.2, 0) is 4.74 Å². The van der Waals surface area contributed by atoms with Gasteiger partial charge in [0.15, 0.2) is 5.13 Å². The molecule has 0 radical (unpaired) electrons. The number of rotatable bonds is 10. The smallest absolute Gasteiger partial charge is 0.412 e. The van der Waals surface area contributed by atoms with Gasteiger partial charge in [-0.15, -0.1) is 0 Å². The first kappa shape index (κ1) is 30.6. The second-order valence-corrected chi connectivity index (χ2v) is 11.3. The molecular formula is C28H30ClF3N4O4S. The predicted molar refractivity (Wildman–Crippen MR) is 155 cm³/mol. The second kappa shape index (κ2) is 12.3. The largest absolute Gasteiger partial charge is 0.496 e. The summed E-state index contributed by atoms with van der Waals surface area (Å²) in [6.45, 7) is 7.14. The van der Waals surface area contributed by atoms with E-state index in [1.165, 1.54) is 43.6 Å². The van der Waals surface area contributed by atoms with Crippen LogP contribution in [0.25, 0.3) is 10.2 Å². The van der Waals surface area contributed by atoms with Gasteiger partial charge in [0.05, 0.1) is 41.2 Å². The highest BCUT2D eigenvalue weighted by Gasteiger charge is 2.38. The number of thiazole rings is 1. The SMILES string of the molecule is C=C(CC(C)NC(=O)c1cc(Cl)ccc1NC(=O)c1c(OC)ccc2nc(N3C(C)CC3COC)sc12)C(F)(F)F. The highest BCUT2D eigenvalue weighted by Crippen LogP contribution is 2.41. The van der Waals surface area contributed by atoms with Gasteiger partial charge < -0.3 is 25.0 Å². The molecule has 1 aliphatic rings. The number of halogens is 4. The molecule has 41 heavy (non-hydrogen) atoms. The minimum absolute atomic E-state index is 0.0109. The average molecular weight is 611 g/mol. The van der Waals surface area contributed by atoms with Gasteiger partial charge >= 0.3 is 6.18 Å². The fraction of sp³-hybridized carbons (Fsp3) is 0.393. The molecule has 2 heterocycles. The summed E-state index contributed by atoms with van der Waals surface area (Å²) in [5.41, 5.74) is -0.00193. The van der Waals surface area contributed by atoms with E-state index >= 15 is 0 Å². The van der Waals surface area contributed by atoms with Gasteiger partial charge in [0.25, 0.3) is 11.8 Å².